The summed E-state index contributed by atoms with van der Waals surface area (Å²) in [6.07, 6.45) is 4.59. The van der Waals surface area contributed by atoms with Gasteiger partial charge >= 0.3 is 0 Å². The Kier molecular flexibility index (Phi) is 4.94. The molecule has 0 saturated heterocycles. The van der Waals surface area contributed by atoms with Crippen molar-refractivity contribution in [3.05, 3.63) is 63.9 Å². The van der Waals surface area contributed by atoms with Gasteiger partial charge in [0.15, 0.2) is 0 Å². The summed E-state index contributed by atoms with van der Waals surface area (Å²) in [7, 11) is 0. The van der Waals surface area contributed by atoms with Gasteiger partial charge in [-0.05, 0) is 29.8 Å². The molecule has 1 amide bonds. The van der Waals surface area contributed by atoms with E-state index in [-0.39, 0.29) is 11.3 Å². The second kappa shape index (κ2) is 6.89. The van der Waals surface area contributed by atoms with Gasteiger partial charge in [-0.25, -0.2) is 0 Å². The molecule has 0 aliphatic carbocycles. The highest BCUT2D eigenvalue weighted by atomic mass is 35.5. The largest absolute Gasteiger partial charge is 0.319 e. The number of carbonyl (C=O) groups is 1. The van der Waals surface area contributed by atoms with E-state index in [4.69, 9.17) is 28.5 Å². The Morgan fingerprint density at radius 1 is 1.24 bits per heavy atom. The Morgan fingerprint density at radius 3 is 2.52 bits per heavy atom. The van der Waals surface area contributed by atoms with E-state index in [0.29, 0.717) is 15.6 Å². The molecule has 0 atom stereocenters. The van der Waals surface area contributed by atoms with E-state index in [1.807, 2.05) is 6.07 Å². The van der Waals surface area contributed by atoms with E-state index in [2.05, 4.69) is 10.3 Å². The van der Waals surface area contributed by atoms with Crippen LogP contribution in [0.5, 0.6) is 0 Å². The number of amides is 1. The maximum atomic E-state index is 12.1. The van der Waals surface area contributed by atoms with E-state index >= 15 is 0 Å². The molecule has 21 heavy (non-hydrogen) atoms. The number of nitriles is 1. The van der Waals surface area contributed by atoms with Crippen LogP contribution < -0.4 is 5.32 Å². The molecule has 6 heteroatoms. The molecular weight excluding hydrogens is 309 g/mol. The molecule has 0 radical (unpaired) electrons. The molecule has 2 rings (SSSR count). The predicted molar refractivity (Wildman–Crippen MR) is 82.9 cm³/mol. The van der Waals surface area contributed by atoms with Gasteiger partial charge in [0.05, 0.1) is 15.7 Å². The van der Waals surface area contributed by atoms with Crippen molar-refractivity contribution in [1.82, 2.24) is 4.98 Å². The average Bonchev–Trinajstić information content (AvgIpc) is 2.49. The number of nitrogens with zero attached hydrogens (tertiary/aromatic N) is 2. The maximum absolute atomic E-state index is 12.1. The Balaban J connectivity index is 2.27. The number of hydrogen-bond acceptors (Lipinski definition) is 3. The predicted octanol–water partition coefficient (Wildman–Crippen LogP) is 3.93. The average molecular weight is 318 g/mol. The second-order valence-corrected chi connectivity index (χ2v) is 4.82. The zero-order valence-electron chi connectivity index (χ0n) is 10.7. The van der Waals surface area contributed by atoms with Crippen LogP contribution >= 0.6 is 23.2 Å². The summed E-state index contributed by atoms with van der Waals surface area (Å²) in [5.74, 6) is -0.587. The first-order chi connectivity index (χ1) is 10.1. The molecule has 1 heterocycles. The molecule has 4 nitrogen and oxygen atoms in total. The van der Waals surface area contributed by atoms with Crippen LogP contribution in [0.15, 0.2) is 48.3 Å². The first-order valence-electron chi connectivity index (χ1n) is 5.89. The van der Waals surface area contributed by atoms with Gasteiger partial charge in [-0.15, -0.1) is 0 Å². The summed E-state index contributed by atoms with van der Waals surface area (Å²) in [4.78, 5) is 16.0. The van der Waals surface area contributed by atoms with Crippen molar-refractivity contribution in [2.24, 2.45) is 0 Å². The minimum absolute atomic E-state index is 0.0704. The lowest BCUT2D eigenvalue weighted by Crippen LogP contribution is -2.14. The summed E-state index contributed by atoms with van der Waals surface area (Å²) in [6.45, 7) is 0. The quantitative estimate of drug-likeness (QED) is 0.689. The van der Waals surface area contributed by atoms with Crippen LogP contribution in [0.1, 0.15) is 5.56 Å². The van der Waals surface area contributed by atoms with Crippen molar-refractivity contribution in [1.29, 1.82) is 5.26 Å². The van der Waals surface area contributed by atoms with Crippen LogP contribution in [0.3, 0.4) is 0 Å². The first kappa shape index (κ1) is 15.0. The van der Waals surface area contributed by atoms with E-state index in [1.165, 1.54) is 6.08 Å². The van der Waals surface area contributed by atoms with Crippen molar-refractivity contribution in [2.75, 3.05) is 5.32 Å². The maximum Gasteiger partial charge on any atom is 0.266 e. The SMILES string of the molecule is N#CC(=Cc1cccnc1)C(=O)Nc1c(Cl)cccc1Cl. The summed E-state index contributed by atoms with van der Waals surface area (Å²) in [6, 6.07) is 10.2. The lowest BCUT2D eigenvalue weighted by atomic mass is 10.1. The minimum Gasteiger partial charge on any atom is -0.319 e. The third-order valence-electron chi connectivity index (χ3n) is 2.56. The van der Waals surface area contributed by atoms with Crippen molar-refractivity contribution in [3.8, 4) is 6.07 Å². The van der Waals surface area contributed by atoms with E-state index in [9.17, 15) is 4.79 Å². The van der Waals surface area contributed by atoms with Gasteiger partial charge in [0.1, 0.15) is 11.6 Å². The normalized spacial score (nSPS) is 10.8. The van der Waals surface area contributed by atoms with Crippen LogP contribution in [0, 0.1) is 11.3 Å². The first-order valence-corrected chi connectivity index (χ1v) is 6.64. The van der Waals surface area contributed by atoms with Crippen molar-refractivity contribution >= 4 is 40.9 Å². The number of para-hydroxylation sites is 1. The topological polar surface area (TPSA) is 65.8 Å². The number of carbonyl (C=O) groups excluding carboxylic acids is 1. The van der Waals surface area contributed by atoms with Crippen LogP contribution in [-0.2, 0) is 4.79 Å². The molecule has 1 aromatic carbocycles. The smallest absolute Gasteiger partial charge is 0.266 e. The van der Waals surface area contributed by atoms with Crippen molar-refractivity contribution < 1.29 is 4.79 Å². The number of pyridine rings is 1. The standard InChI is InChI=1S/C15H9Cl2N3O/c16-12-4-1-5-13(17)14(12)20-15(21)11(8-18)7-10-3-2-6-19-9-10/h1-7,9H,(H,20,21). The van der Waals surface area contributed by atoms with Gasteiger partial charge in [0, 0.05) is 12.4 Å². The number of nitrogens with one attached hydrogen (secondary N) is 1. The number of anilines is 1. The van der Waals surface area contributed by atoms with Crippen molar-refractivity contribution in [2.45, 2.75) is 0 Å². The number of benzene rings is 1. The Labute approximate surface area is 131 Å². The highest BCUT2D eigenvalue weighted by molar-refractivity contribution is 6.40. The Morgan fingerprint density at radius 2 is 1.95 bits per heavy atom. The monoisotopic (exact) mass is 317 g/mol. The van der Waals surface area contributed by atoms with Gasteiger partial charge in [-0.1, -0.05) is 35.3 Å². The van der Waals surface area contributed by atoms with Crippen LogP contribution in [0.2, 0.25) is 10.0 Å². The summed E-state index contributed by atoms with van der Waals surface area (Å²) >= 11 is 11.9. The molecule has 0 aliphatic heterocycles. The van der Waals surface area contributed by atoms with Crippen LogP contribution in [-0.4, -0.2) is 10.9 Å². The van der Waals surface area contributed by atoms with Crippen LogP contribution in [0.4, 0.5) is 5.69 Å². The molecule has 0 unspecified atom stereocenters. The molecule has 104 valence electrons. The molecule has 0 bridgehead atoms. The number of aromatic nitrogens is 1. The highest BCUT2D eigenvalue weighted by Crippen LogP contribution is 2.30. The molecule has 0 saturated carbocycles. The fourth-order valence-corrected chi connectivity index (χ4v) is 2.07. The van der Waals surface area contributed by atoms with Gasteiger partial charge < -0.3 is 5.32 Å². The molecular formula is C15H9Cl2N3O. The molecule has 1 aromatic heterocycles. The Bertz CT molecular complexity index is 716. The number of hydrogen-bond donors (Lipinski definition) is 1. The van der Waals surface area contributed by atoms with Crippen molar-refractivity contribution in [3.63, 3.8) is 0 Å². The number of rotatable bonds is 3. The zero-order valence-corrected chi connectivity index (χ0v) is 12.2. The molecule has 2 aromatic rings. The fourth-order valence-electron chi connectivity index (χ4n) is 1.57. The van der Waals surface area contributed by atoms with E-state index in [0.717, 1.165) is 0 Å². The zero-order chi connectivity index (χ0) is 15.2. The number of halogens is 2. The Hall–Kier alpha value is -2.35. The summed E-state index contributed by atoms with van der Waals surface area (Å²) in [5, 5.41) is 12.2. The fraction of sp³-hybridized carbons (Fsp3) is 0. The van der Waals surface area contributed by atoms with Gasteiger partial charge in [-0.3, -0.25) is 9.78 Å². The second-order valence-electron chi connectivity index (χ2n) is 4.01. The molecule has 1 N–H and O–H groups in total. The van der Waals surface area contributed by atoms with E-state index < -0.39 is 5.91 Å². The van der Waals surface area contributed by atoms with Gasteiger partial charge in [0.25, 0.3) is 5.91 Å². The van der Waals surface area contributed by atoms with Gasteiger partial charge in [-0.2, -0.15) is 5.26 Å². The third kappa shape index (κ3) is 3.82. The summed E-state index contributed by atoms with van der Waals surface area (Å²) in [5.41, 5.74) is 0.853. The van der Waals surface area contributed by atoms with Gasteiger partial charge in [0.2, 0.25) is 0 Å². The third-order valence-corrected chi connectivity index (χ3v) is 3.19. The molecule has 0 aliphatic rings. The minimum atomic E-state index is -0.587. The molecule has 0 fully saturated rings. The van der Waals surface area contributed by atoms with E-state index in [1.54, 1.807) is 42.7 Å². The highest BCUT2D eigenvalue weighted by Gasteiger charge is 2.13. The lowest BCUT2D eigenvalue weighted by molar-refractivity contribution is -0.112. The lowest BCUT2D eigenvalue weighted by Gasteiger charge is -2.08. The van der Waals surface area contributed by atoms with Crippen LogP contribution in [0.25, 0.3) is 6.08 Å². The summed E-state index contributed by atoms with van der Waals surface area (Å²) < 4.78 is 0. The molecule has 0 spiro atoms.